The number of nitrogens with zero attached hydrogens (tertiary/aromatic N) is 1. The number of unbranched alkanes of at least 4 members (excludes halogenated alkanes) is 1. The predicted octanol–water partition coefficient (Wildman–Crippen LogP) is 6.55. The first-order valence-electron chi connectivity index (χ1n) is 12.1. The molecule has 0 heterocycles. The Balaban J connectivity index is 0.00000168. The molecule has 1 amide bonds. The largest absolute Gasteiger partial charge is 0.492 e. The number of hydrogen-bond donors (Lipinski definition) is 3. The molecule has 0 atom stereocenters. The van der Waals surface area contributed by atoms with Crippen molar-refractivity contribution in [3.63, 3.8) is 0 Å². The molecule has 0 bridgehead atoms. The zero-order valence-corrected chi connectivity index (χ0v) is 22.2. The average Bonchev–Trinajstić information content (AvgIpc) is 2.84. The Morgan fingerprint density at radius 3 is 2.21 bits per heavy atom. The molecular weight excluding hydrogens is 504 g/mol. The number of hydrogen-bond acceptors (Lipinski definition) is 6. The molecular formula is C27H36F4N4O3. The molecule has 11 heteroatoms. The Labute approximate surface area is 221 Å². The number of ether oxygens (including phenoxy) is 2. The summed E-state index contributed by atoms with van der Waals surface area (Å²) < 4.78 is 60.9. The third-order valence-corrected chi connectivity index (χ3v) is 4.70. The van der Waals surface area contributed by atoms with Crippen molar-refractivity contribution in [3.8, 4) is 5.75 Å². The van der Waals surface area contributed by atoms with Gasteiger partial charge in [-0.2, -0.15) is 13.2 Å². The van der Waals surface area contributed by atoms with Gasteiger partial charge in [-0.05, 0) is 38.2 Å². The van der Waals surface area contributed by atoms with Crippen LogP contribution >= 0.6 is 0 Å². The monoisotopic (exact) mass is 540 g/mol. The Morgan fingerprint density at radius 1 is 1.08 bits per heavy atom. The van der Waals surface area contributed by atoms with Crippen LogP contribution in [0.1, 0.15) is 39.2 Å². The van der Waals surface area contributed by atoms with Crippen molar-refractivity contribution < 1.29 is 31.8 Å². The van der Waals surface area contributed by atoms with E-state index in [4.69, 9.17) is 4.74 Å². The molecule has 0 fully saturated rings. The normalized spacial score (nSPS) is 11.1. The number of aliphatic imine (C=N–C) groups is 1. The van der Waals surface area contributed by atoms with Crippen molar-refractivity contribution in [1.29, 1.82) is 0 Å². The van der Waals surface area contributed by atoms with Gasteiger partial charge in [0, 0.05) is 42.0 Å². The van der Waals surface area contributed by atoms with Gasteiger partial charge in [0.05, 0.1) is 11.3 Å². The topological polar surface area (TPSA) is 84.0 Å². The quantitative estimate of drug-likeness (QED) is 0.152. The second kappa shape index (κ2) is 17.1. The minimum Gasteiger partial charge on any atom is -0.492 e. The first-order valence-corrected chi connectivity index (χ1v) is 12.1. The van der Waals surface area contributed by atoms with Gasteiger partial charge in [-0.1, -0.05) is 33.3 Å². The molecule has 0 aromatic heterocycles. The summed E-state index contributed by atoms with van der Waals surface area (Å²) in [6.07, 6.45) is -0.337. The van der Waals surface area contributed by atoms with Crippen LogP contribution in [0.2, 0.25) is 0 Å². The van der Waals surface area contributed by atoms with Crippen molar-refractivity contribution in [1.82, 2.24) is 5.32 Å². The molecule has 2 aromatic carbocycles. The van der Waals surface area contributed by atoms with E-state index in [1.807, 2.05) is 0 Å². The molecule has 2 rings (SSSR count). The van der Waals surface area contributed by atoms with Crippen LogP contribution in [-0.2, 0) is 9.53 Å². The van der Waals surface area contributed by atoms with E-state index in [2.05, 4.69) is 46.1 Å². The summed E-state index contributed by atoms with van der Waals surface area (Å²) in [7, 11) is 1.78. The molecule has 0 aliphatic rings. The minimum atomic E-state index is -4.50. The van der Waals surface area contributed by atoms with Crippen LogP contribution in [0.3, 0.4) is 0 Å². The van der Waals surface area contributed by atoms with E-state index < -0.39 is 31.1 Å². The maximum Gasteiger partial charge on any atom is 0.411 e. The fourth-order valence-electron chi connectivity index (χ4n) is 2.79. The molecule has 7 nitrogen and oxygen atoms in total. The van der Waals surface area contributed by atoms with Crippen LogP contribution < -0.4 is 20.7 Å². The SMILES string of the molecule is C=C(Nc1ccc(NC(=O)COCC(F)(F)F)cc1)c1c(F)cc(OCCNC)cc1N=CC.CCCC. The maximum absolute atomic E-state index is 14.9. The number of carbonyl (C=O) groups excluding carboxylic acids is 1. The minimum absolute atomic E-state index is 0.165. The van der Waals surface area contributed by atoms with Gasteiger partial charge in [-0.3, -0.25) is 9.79 Å². The van der Waals surface area contributed by atoms with Crippen LogP contribution in [0, 0.1) is 5.82 Å². The third-order valence-electron chi connectivity index (χ3n) is 4.70. The summed E-state index contributed by atoms with van der Waals surface area (Å²) in [5, 5.41) is 8.34. The Morgan fingerprint density at radius 2 is 1.68 bits per heavy atom. The Kier molecular flexibility index (Phi) is 14.7. The summed E-state index contributed by atoms with van der Waals surface area (Å²) in [6.45, 7) is 8.69. The number of rotatable bonds is 13. The number of amides is 1. The first-order chi connectivity index (χ1) is 18.0. The summed E-state index contributed by atoms with van der Waals surface area (Å²) in [5.41, 5.74) is 1.64. The molecule has 38 heavy (non-hydrogen) atoms. The Hall–Kier alpha value is -3.44. The second-order valence-corrected chi connectivity index (χ2v) is 7.98. The van der Waals surface area contributed by atoms with Gasteiger partial charge in [-0.15, -0.1) is 0 Å². The van der Waals surface area contributed by atoms with E-state index in [0.717, 1.165) is 0 Å². The van der Waals surface area contributed by atoms with E-state index in [0.29, 0.717) is 36.0 Å². The van der Waals surface area contributed by atoms with Crippen molar-refractivity contribution in [2.75, 3.05) is 44.0 Å². The lowest BCUT2D eigenvalue weighted by Gasteiger charge is -2.15. The number of alkyl halides is 3. The first kappa shape index (κ1) is 32.6. The summed E-state index contributed by atoms with van der Waals surface area (Å²) >= 11 is 0. The maximum atomic E-state index is 14.9. The van der Waals surface area contributed by atoms with E-state index in [9.17, 15) is 22.4 Å². The number of anilines is 2. The molecule has 0 unspecified atom stereocenters. The van der Waals surface area contributed by atoms with Crippen LogP contribution in [-0.4, -0.2) is 51.7 Å². The molecule has 2 aromatic rings. The smallest absolute Gasteiger partial charge is 0.411 e. The highest BCUT2D eigenvalue weighted by molar-refractivity contribution is 5.92. The van der Waals surface area contributed by atoms with E-state index in [1.54, 1.807) is 32.2 Å². The highest BCUT2D eigenvalue weighted by Crippen LogP contribution is 2.33. The average molecular weight is 541 g/mol. The molecule has 0 aliphatic carbocycles. The molecule has 0 aliphatic heterocycles. The van der Waals surface area contributed by atoms with Gasteiger partial charge in [0.2, 0.25) is 5.91 Å². The van der Waals surface area contributed by atoms with E-state index in [-0.39, 0.29) is 11.3 Å². The highest BCUT2D eigenvalue weighted by Gasteiger charge is 2.27. The second-order valence-electron chi connectivity index (χ2n) is 7.98. The van der Waals surface area contributed by atoms with Crippen molar-refractivity contribution in [2.24, 2.45) is 4.99 Å². The fourth-order valence-corrected chi connectivity index (χ4v) is 2.79. The lowest BCUT2D eigenvalue weighted by molar-refractivity contribution is -0.174. The van der Waals surface area contributed by atoms with Gasteiger partial charge in [0.25, 0.3) is 0 Å². The number of carbonyl (C=O) groups is 1. The number of halogens is 4. The van der Waals surface area contributed by atoms with Crippen molar-refractivity contribution in [3.05, 3.63) is 54.4 Å². The van der Waals surface area contributed by atoms with Gasteiger partial charge in [0.1, 0.15) is 31.4 Å². The molecule has 0 radical (unpaired) electrons. The van der Waals surface area contributed by atoms with Gasteiger partial charge < -0.3 is 25.4 Å². The standard InChI is InChI=1S/C23H26F4N4O3.C4H10/c1-4-29-20-12-18(34-10-9-28-3)11-19(24)22(20)15(2)30-16-5-7-17(8-6-16)31-21(32)13-33-14-23(25,26)27;1-3-4-2/h4-8,11-12,28,30H,2,9-10,13-14H2,1,3H3,(H,31,32);3-4H2,1-2H3. The van der Waals surface area contributed by atoms with Crippen LogP contribution in [0.15, 0.2) is 48.0 Å². The molecule has 3 N–H and O–H groups in total. The zero-order chi connectivity index (χ0) is 28.6. The van der Waals surface area contributed by atoms with Gasteiger partial charge in [-0.25, -0.2) is 4.39 Å². The molecule has 0 spiro atoms. The van der Waals surface area contributed by atoms with E-state index in [1.165, 1.54) is 37.3 Å². The van der Waals surface area contributed by atoms with Crippen LogP contribution in [0.25, 0.3) is 5.70 Å². The lowest BCUT2D eigenvalue weighted by atomic mass is 10.1. The van der Waals surface area contributed by atoms with Gasteiger partial charge >= 0.3 is 6.18 Å². The summed E-state index contributed by atoms with van der Waals surface area (Å²) in [4.78, 5) is 15.9. The number of likely N-dealkylation sites (N-methyl/N-ethyl adjacent to an activating group) is 1. The fraction of sp³-hybridized carbons (Fsp3) is 0.407. The summed E-state index contributed by atoms with van der Waals surface area (Å²) in [6, 6.07) is 9.10. The Bertz CT molecular complexity index is 1040. The number of nitrogens with one attached hydrogen (secondary N) is 3. The number of benzene rings is 2. The van der Waals surface area contributed by atoms with Crippen molar-refractivity contribution >= 4 is 34.9 Å². The lowest BCUT2D eigenvalue weighted by Crippen LogP contribution is -2.23. The highest BCUT2D eigenvalue weighted by atomic mass is 19.4. The predicted molar refractivity (Wildman–Crippen MR) is 145 cm³/mol. The van der Waals surface area contributed by atoms with E-state index >= 15 is 0 Å². The molecule has 210 valence electrons. The van der Waals surface area contributed by atoms with Gasteiger partial charge in [0.15, 0.2) is 0 Å². The van der Waals surface area contributed by atoms with Crippen LogP contribution in [0.4, 0.5) is 34.6 Å². The summed E-state index contributed by atoms with van der Waals surface area (Å²) in [5.74, 6) is -0.956. The third kappa shape index (κ3) is 12.7. The molecule has 0 saturated carbocycles. The van der Waals surface area contributed by atoms with Crippen molar-refractivity contribution in [2.45, 2.75) is 39.8 Å². The van der Waals surface area contributed by atoms with Crippen LogP contribution in [0.5, 0.6) is 5.75 Å². The zero-order valence-electron chi connectivity index (χ0n) is 22.2. The molecule has 0 saturated heterocycles.